The Hall–Kier alpha value is -2.63. The summed E-state index contributed by atoms with van der Waals surface area (Å²) in [6, 6.07) is 1.27. The average Bonchev–Trinajstić information content (AvgIpc) is 3.62. The number of alkyl halides is 6. The van der Waals surface area contributed by atoms with Crippen LogP contribution < -0.4 is 0 Å². The van der Waals surface area contributed by atoms with E-state index in [0.29, 0.717) is 37.1 Å². The number of hydrogen-bond acceptors (Lipinski definition) is 4. The van der Waals surface area contributed by atoms with Gasteiger partial charge in [0, 0.05) is 56.7 Å². The molecule has 3 fully saturated rings. The molecule has 0 bridgehead atoms. The van der Waals surface area contributed by atoms with Gasteiger partial charge in [-0.2, -0.15) is 31.4 Å². The Morgan fingerprint density at radius 2 is 1.69 bits per heavy atom. The Balaban J connectivity index is 1.12. The second kappa shape index (κ2) is 9.49. The molecular weight excluding hydrogens is 524 g/mol. The number of halogens is 6. The highest BCUT2D eigenvalue weighted by Gasteiger charge is 2.57. The number of amides is 1. The van der Waals surface area contributed by atoms with Gasteiger partial charge in [-0.25, -0.2) is 0 Å². The molecule has 212 valence electrons. The molecule has 39 heavy (non-hydrogen) atoms. The van der Waals surface area contributed by atoms with Crippen LogP contribution >= 0.6 is 0 Å². The number of hydrogen-bond donors (Lipinski definition) is 0. The molecule has 2 aliphatic carbocycles. The largest absolute Gasteiger partial charge is 0.419 e. The quantitative estimate of drug-likeness (QED) is 0.471. The van der Waals surface area contributed by atoms with Gasteiger partial charge in [0.1, 0.15) is 0 Å². The van der Waals surface area contributed by atoms with Crippen LogP contribution in [-0.4, -0.2) is 56.1 Å². The van der Waals surface area contributed by atoms with E-state index in [1.807, 2.05) is 0 Å². The average molecular weight is 556 g/mol. The van der Waals surface area contributed by atoms with Crippen LogP contribution in [0.2, 0.25) is 0 Å². The Labute approximate surface area is 222 Å². The molecule has 4 aliphatic rings. The van der Waals surface area contributed by atoms with Crippen molar-refractivity contribution < 1.29 is 31.1 Å². The number of carbonyl (C=O) groups excluding carboxylic acids is 1. The van der Waals surface area contributed by atoms with Gasteiger partial charge < -0.3 is 9.80 Å². The lowest BCUT2D eigenvalue weighted by atomic mass is 9.78. The summed E-state index contributed by atoms with van der Waals surface area (Å²) in [5.74, 6) is 0.302. The minimum Gasteiger partial charge on any atom is -0.337 e. The summed E-state index contributed by atoms with van der Waals surface area (Å²) in [6.45, 7) is 2.07. The second-order valence-corrected chi connectivity index (χ2v) is 11.6. The molecule has 2 aromatic rings. The molecule has 2 saturated carbocycles. The maximum absolute atomic E-state index is 14.0. The molecule has 0 N–H and O–H groups in total. The fourth-order valence-electron chi connectivity index (χ4n) is 7.50. The lowest BCUT2D eigenvalue weighted by Gasteiger charge is -2.39. The van der Waals surface area contributed by atoms with Gasteiger partial charge in [0.2, 0.25) is 5.91 Å². The van der Waals surface area contributed by atoms with E-state index >= 15 is 0 Å². The summed E-state index contributed by atoms with van der Waals surface area (Å²) in [4.78, 5) is 22.2. The van der Waals surface area contributed by atoms with Crippen molar-refractivity contribution in [2.45, 2.75) is 82.3 Å². The van der Waals surface area contributed by atoms with Crippen LogP contribution in [0.4, 0.5) is 26.3 Å². The number of likely N-dealkylation sites (tertiary alicyclic amines) is 1. The lowest BCUT2D eigenvalue weighted by molar-refractivity contribution is -0.144. The molecule has 0 aromatic carbocycles. The van der Waals surface area contributed by atoms with E-state index in [9.17, 15) is 31.1 Å². The summed E-state index contributed by atoms with van der Waals surface area (Å²) in [5.41, 5.74) is -0.919. The molecule has 6 rings (SSSR count). The highest BCUT2D eigenvalue weighted by Crippen LogP contribution is 2.57. The third-order valence-electron chi connectivity index (χ3n) is 9.51. The molecular formula is C27H31F6N5O. The number of fused-ring (bicyclic) bond motifs is 2. The van der Waals surface area contributed by atoms with Crippen LogP contribution in [-0.2, 0) is 30.1 Å². The van der Waals surface area contributed by atoms with Crippen LogP contribution in [0.3, 0.4) is 0 Å². The molecule has 4 heterocycles. The van der Waals surface area contributed by atoms with E-state index in [4.69, 9.17) is 0 Å². The van der Waals surface area contributed by atoms with Crippen molar-refractivity contribution in [2.75, 3.05) is 19.6 Å². The number of carbonyl (C=O) groups is 1. The van der Waals surface area contributed by atoms with Crippen LogP contribution in [0, 0.1) is 11.3 Å². The first-order chi connectivity index (χ1) is 18.4. The minimum atomic E-state index is -4.48. The van der Waals surface area contributed by atoms with E-state index in [0.717, 1.165) is 69.9 Å². The standard InChI is InChI=1S/C27H31F6N5O/c28-26(29,30)19-10-17-15-37(9-5-23(17)34-13-19)24(39)25-6-1-2-18(25)11-22(12-25)36-7-3-21(4-8-36)38-16-20(14-35-38)27(31,32)33/h10,13-14,16,18,21-22H,1-9,11-12,15H2/t18-,22+,25-/m1/s1. The van der Waals surface area contributed by atoms with E-state index < -0.39 is 28.9 Å². The molecule has 2 aliphatic heterocycles. The molecule has 3 atom stereocenters. The van der Waals surface area contributed by atoms with Crippen molar-refractivity contribution in [3.05, 3.63) is 47.0 Å². The topological polar surface area (TPSA) is 54.3 Å². The van der Waals surface area contributed by atoms with Gasteiger partial charge in [0.05, 0.1) is 28.8 Å². The summed E-state index contributed by atoms with van der Waals surface area (Å²) in [7, 11) is 0. The van der Waals surface area contributed by atoms with Gasteiger partial charge in [-0.15, -0.1) is 0 Å². The highest BCUT2D eigenvalue weighted by atomic mass is 19.4. The Morgan fingerprint density at radius 3 is 2.38 bits per heavy atom. The number of aromatic nitrogens is 3. The predicted octanol–water partition coefficient (Wildman–Crippen LogP) is 5.49. The maximum atomic E-state index is 14.0. The van der Waals surface area contributed by atoms with Gasteiger partial charge >= 0.3 is 12.4 Å². The molecule has 0 spiro atoms. The zero-order valence-corrected chi connectivity index (χ0v) is 21.4. The SMILES string of the molecule is O=C(N1CCc2ncc(C(F)(F)F)cc2C1)[C@@]12CCC[C@@H]1C[C@H](N1CCC(n3cc(C(F)(F)F)cn3)CC1)C2. The van der Waals surface area contributed by atoms with Gasteiger partial charge in [0.15, 0.2) is 0 Å². The van der Waals surface area contributed by atoms with E-state index in [1.54, 1.807) is 4.90 Å². The number of rotatable bonds is 3. The van der Waals surface area contributed by atoms with Crippen molar-refractivity contribution >= 4 is 5.91 Å². The molecule has 2 aromatic heterocycles. The molecule has 12 heteroatoms. The number of nitrogens with zero attached hydrogens (tertiary/aromatic N) is 5. The first-order valence-corrected chi connectivity index (χ1v) is 13.6. The monoisotopic (exact) mass is 555 g/mol. The zero-order chi connectivity index (χ0) is 27.6. The second-order valence-electron chi connectivity index (χ2n) is 11.6. The van der Waals surface area contributed by atoms with Gasteiger partial charge in [-0.3, -0.25) is 14.5 Å². The summed E-state index contributed by atoms with van der Waals surface area (Å²) in [5, 5.41) is 3.96. The summed E-state index contributed by atoms with van der Waals surface area (Å²) >= 11 is 0. The fraction of sp³-hybridized carbons (Fsp3) is 0.667. The molecule has 0 radical (unpaired) electrons. The zero-order valence-electron chi connectivity index (χ0n) is 21.4. The van der Waals surface area contributed by atoms with Crippen LogP contribution in [0.5, 0.6) is 0 Å². The molecule has 1 amide bonds. The fourth-order valence-corrected chi connectivity index (χ4v) is 7.50. The number of piperidine rings is 1. The normalized spacial score (nSPS) is 28.5. The smallest absolute Gasteiger partial charge is 0.337 e. The van der Waals surface area contributed by atoms with Crippen molar-refractivity contribution in [3.8, 4) is 0 Å². The Bertz CT molecular complexity index is 1230. The number of pyridine rings is 1. The highest BCUT2D eigenvalue weighted by molar-refractivity contribution is 5.84. The first kappa shape index (κ1) is 26.6. The van der Waals surface area contributed by atoms with Crippen LogP contribution in [0.25, 0.3) is 0 Å². The molecule has 1 saturated heterocycles. The van der Waals surface area contributed by atoms with E-state index in [-0.39, 0.29) is 30.5 Å². The van der Waals surface area contributed by atoms with E-state index in [2.05, 4.69) is 15.0 Å². The van der Waals surface area contributed by atoms with Gasteiger partial charge in [0.25, 0.3) is 0 Å². The van der Waals surface area contributed by atoms with Crippen LogP contribution in [0.1, 0.15) is 73.4 Å². The van der Waals surface area contributed by atoms with E-state index in [1.165, 1.54) is 4.68 Å². The Kier molecular flexibility index (Phi) is 6.47. The minimum absolute atomic E-state index is 0.0571. The van der Waals surface area contributed by atoms with Crippen molar-refractivity contribution in [1.29, 1.82) is 0 Å². The van der Waals surface area contributed by atoms with Crippen molar-refractivity contribution in [1.82, 2.24) is 24.6 Å². The third-order valence-corrected chi connectivity index (χ3v) is 9.51. The predicted molar refractivity (Wildman–Crippen MR) is 128 cm³/mol. The summed E-state index contributed by atoms with van der Waals surface area (Å²) < 4.78 is 80.1. The van der Waals surface area contributed by atoms with Crippen LogP contribution in [0.15, 0.2) is 24.7 Å². The van der Waals surface area contributed by atoms with Crippen molar-refractivity contribution in [2.24, 2.45) is 11.3 Å². The van der Waals surface area contributed by atoms with Gasteiger partial charge in [-0.05, 0) is 56.1 Å². The molecule has 0 unspecified atom stereocenters. The molecule has 6 nitrogen and oxygen atoms in total. The van der Waals surface area contributed by atoms with Crippen molar-refractivity contribution in [3.63, 3.8) is 0 Å². The lowest BCUT2D eigenvalue weighted by Crippen LogP contribution is -2.47. The Morgan fingerprint density at radius 1 is 0.949 bits per heavy atom. The maximum Gasteiger partial charge on any atom is 0.419 e. The first-order valence-electron chi connectivity index (χ1n) is 13.6. The third kappa shape index (κ3) is 4.82. The summed E-state index contributed by atoms with van der Waals surface area (Å²) in [6.07, 6.45) is 0.130. The van der Waals surface area contributed by atoms with Gasteiger partial charge in [-0.1, -0.05) is 6.42 Å².